The summed E-state index contributed by atoms with van der Waals surface area (Å²) in [5.41, 5.74) is 1.12. The van der Waals surface area contributed by atoms with Gasteiger partial charge < -0.3 is 20.3 Å². The van der Waals surface area contributed by atoms with Crippen molar-refractivity contribution in [3.05, 3.63) is 71.3 Å². The van der Waals surface area contributed by atoms with Crippen LogP contribution in [0.4, 0.5) is 4.79 Å². The van der Waals surface area contributed by atoms with Crippen LogP contribution in [-0.2, 0) is 27.2 Å². The number of ether oxygens (including phenoxy) is 1. The number of nitriles is 1. The second-order valence-electron chi connectivity index (χ2n) is 11.2. The topological polar surface area (TPSA) is 112 Å². The van der Waals surface area contributed by atoms with Gasteiger partial charge in [0.15, 0.2) is 0 Å². The Morgan fingerprint density at radius 3 is 2.05 bits per heavy atom. The van der Waals surface area contributed by atoms with Gasteiger partial charge in [-0.3, -0.25) is 9.59 Å². The van der Waals surface area contributed by atoms with Crippen LogP contribution in [0.25, 0.3) is 0 Å². The van der Waals surface area contributed by atoms with E-state index >= 15 is 0 Å². The lowest BCUT2D eigenvalue weighted by Crippen LogP contribution is -2.55. The highest BCUT2D eigenvalue weighted by molar-refractivity contribution is 5.92. The molecule has 0 radical (unpaired) electrons. The standard InChI is InChI=1S/C30H40N4O4/c1-8-21-14-16-23(17-15-21)25(26(35)33-29(2,3)4)34(19-18-31)27(36)24(20-22-12-10-9-11-13-22)32-28(37)38-30(5,6)7/h9-17,24-25H,8,19-20H2,1-7H3,(H,32,37)(H,33,35). The van der Waals surface area contributed by atoms with Gasteiger partial charge >= 0.3 is 6.09 Å². The Morgan fingerprint density at radius 2 is 1.55 bits per heavy atom. The van der Waals surface area contributed by atoms with Crippen LogP contribution >= 0.6 is 0 Å². The van der Waals surface area contributed by atoms with Gasteiger partial charge in [-0.2, -0.15) is 5.26 Å². The Hall–Kier alpha value is -3.86. The normalized spacial score (nSPS) is 13.0. The van der Waals surface area contributed by atoms with Crippen molar-refractivity contribution in [2.45, 2.75) is 84.5 Å². The zero-order valence-corrected chi connectivity index (χ0v) is 23.5. The summed E-state index contributed by atoms with van der Waals surface area (Å²) in [4.78, 5) is 41.6. The molecule has 0 aliphatic carbocycles. The quantitative estimate of drug-likeness (QED) is 0.466. The van der Waals surface area contributed by atoms with Crippen LogP contribution in [0.5, 0.6) is 0 Å². The number of hydrogen-bond acceptors (Lipinski definition) is 5. The molecule has 3 amide bonds. The lowest BCUT2D eigenvalue weighted by molar-refractivity contribution is -0.142. The van der Waals surface area contributed by atoms with Gasteiger partial charge in [-0.25, -0.2) is 4.79 Å². The first kappa shape index (κ1) is 30.4. The van der Waals surface area contributed by atoms with Crippen LogP contribution in [0.2, 0.25) is 0 Å². The van der Waals surface area contributed by atoms with E-state index in [0.717, 1.165) is 17.5 Å². The van der Waals surface area contributed by atoms with Crippen LogP contribution in [0, 0.1) is 11.3 Å². The Bertz CT molecular complexity index is 1130. The molecule has 0 fully saturated rings. The maximum atomic E-state index is 14.1. The van der Waals surface area contributed by atoms with Gasteiger partial charge in [0.05, 0.1) is 6.07 Å². The highest BCUT2D eigenvalue weighted by atomic mass is 16.6. The average Bonchev–Trinajstić information content (AvgIpc) is 2.81. The summed E-state index contributed by atoms with van der Waals surface area (Å²) in [6, 6.07) is 16.5. The minimum Gasteiger partial charge on any atom is -0.444 e. The summed E-state index contributed by atoms with van der Waals surface area (Å²) in [5.74, 6) is -0.976. The number of rotatable bonds is 9. The number of benzene rings is 2. The first-order valence-electron chi connectivity index (χ1n) is 12.9. The van der Waals surface area contributed by atoms with Crippen molar-refractivity contribution in [1.29, 1.82) is 5.26 Å². The second kappa shape index (κ2) is 13.1. The molecule has 204 valence electrons. The van der Waals surface area contributed by atoms with Crippen LogP contribution in [0.3, 0.4) is 0 Å². The van der Waals surface area contributed by atoms with E-state index in [9.17, 15) is 19.6 Å². The Kier molecular flexibility index (Phi) is 10.5. The van der Waals surface area contributed by atoms with Crippen molar-refractivity contribution in [3.8, 4) is 6.07 Å². The molecule has 8 nitrogen and oxygen atoms in total. The molecule has 0 aliphatic heterocycles. The molecule has 2 aromatic carbocycles. The number of nitrogens with zero attached hydrogens (tertiary/aromatic N) is 2. The number of nitrogens with one attached hydrogen (secondary N) is 2. The molecule has 38 heavy (non-hydrogen) atoms. The molecule has 2 N–H and O–H groups in total. The molecule has 2 rings (SSSR count). The van der Waals surface area contributed by atoms with E-state index in [1.807, 2.05) is 76.2 Å². The third-order valence-corrected chi connectivity index (χ3v) is 5.56. The third kappa shape index (κ3) is 9.55. The number of carbonyl (C=O) groups excluding carboxylic acids is 3. The summed E-state index contributed by atoms with van der Waals surface area (Å²) in [6.07, 6.45) is 0.217. The molecule has 0 saturated heterocycles. The number of carbonyl (C=O) groups is 3. The second-order valence-corrected chi connectivity index (χ2v) is 11.2. The van der Waals surface area contributed by atoms with Crippen molar-refractivity contribution in [3.63, 3.8) is 0 Å². The van der Waals surface area contributed by atoms with Crippen molar-refractivity contribution < 1.29 is 19.1 Å². The van der Waals surface area contributed by atoms with Crippen LogP contribution in [-0.4, -0.2) is 46.5 Å². The minimum absolute atomic E-state index is 0.156. The highest BCUT2D eigenvalue weighted by Crippen LogP contribution is 2.25. The largest absolute Gasteiger partial charge is 0.444 e. The molecule has 0 aliphatic rings. The number of aryl methyl sites for hydroxylation is 1. The fraction of sp³-hybridized carbons (Fsp3) is 0.467. The van der Waals surface area contributed by atoms with Crippen molar-refractivity contribution in [2.75, 3.05) is 6.54 Å². The van der Waals surface area contributed by atoms with E-state index in [2.05, 4.69) is 10.6 Å². The predicted molar refractivity (Wildman–Crippen MR) is 147 cm³/mol. The first-order chi connectivity index (χ1) is 17.7. The molecule has 2 atom stereocenters. The van der Waals surface area contributed by atoms with Gasteiger partial charge in [-0.15, -0.1) is 0 Å². The average molecular weight is 521 g/mol. The number of hydrogen-bond donors (Lipinski definition) is 2. The summed E-state index contributed by atoms with van der Waals surface area (Å²) in [5, 5.41) is 15.3. The van der Waals surface area contributed by atoms with Crippen molar-refractivity contribution in [1.82, 2.24) is 15.5 Å². The summed E-state index contributed by atoms with van der Waals surface area (Å²) in [7, 11) is 0. The Labute approximate surface area is 226 Å². The van der Waals surface area contributed by atoms with Gasteiger partial charge in [-0.05, 0) is 64.7 Å². The summed E-state index contributed by atoms with van der Waals surface area (Å²) >= 11 is 0. The predicted octanol–water partition coefficient (Wildman–Crippen LogP) is 4.69. The summed E-state index contributed by atoms with van der Waals surface area (Å²) < 4.78 is 5.41. The molecule has 0 bridgehead atoms. The SMILES string of the molecule is CCc1ccc(C(C(=O)NC(C)(C)C)N(CC#N)C(=O)C(Cc2ccccc2)NC(=O)OC(C)(C)C)cc1. The van der Waals surface area contributed by atoms with Gasteiger partial charge in [0, 0.05) is 12.0 Å². The first-order valence-corrected chi connectivity index (χ1v) is 12.9. The zero-order valence-electron chi connectivity index (χ0n) is 23.5. The van der Waals surface area contributed by atoms with E-state index in [1.165, 1.54) is 4.90 Å². The molecule has 8 heteroatoms. The summed E-state index contributed by atoms with van der Waals surface area (Å²) in [6.45, 7) is 12.4. The smallest absolute Gasteiger partial charge is 0.408 e. The third-order valence-electron chi connectivity index (χ3n) is 5.56. The Morgan fingerprint density at radius 1 is 0.947 bits per heavy atom. The van der Waals surface area contributed by atoms with E-state index < -0.39 is 41.1 Å². The molecule has 2 aromatic rings. The monoisotopic (exact) mass is 520 g/mol. The van der Waals surface area contributed by atoms with Gasteiger partial charge in [0.25, 0.3) is 0 Å². The highest BCUT2D eigenvalue weighted by Gasteiger charge is 2.37. The fourth-order valence-corrected chi connectivity index (χ4v) is 3.92. The van der Waals surface area contributed by atoms with Gasteiger partial charge in [0.1, 0.15) is 24.2 Å². The van der Waals surface area contributed by atoms with Gasteiger partial charge in [0.2, 0.25) is 11.8 Å². The molecule has 0 heterocycles. The minimum atomic E-state index is -1.08. The van der Waals surface area contributed by atoms with Crippen LogP contribution < -0.4 is 10.6 Å². The molecule has 0 spiro atoms. The van der Waals surface area contributed by atoms with Crippen molar-refractivity contribution >= 4 is 17.9 Å². The van der Waals surface area contributed by atoms with Crippen molar-refractivity contribution in [2.24, 2.45) is 0 Å². The Balaban J connectivity index is 2.54. The van der Waals surface area contributed by atoms with Gasteiger partial charge in [-0.1, -0.05) is 61.5 Å². The number of alkyl carbamates (subject to hydrolysis) is 1. The van der Waals surface area contributed by atoms with E-state index in [1.54, 1.807) is 32.9 Å². The lowest BCUT2D eigenvalue weighted by Gasteiger charge is -2.34. The maximum Gasteiger partial charge on any atom is 0.408 e. The molecular formula is C30H40N4O4. The maximum absolute atomic E-state index is 14.1. The number of amides is 3. The molecular weight excluding hydrogens is 480 g/mol. The van der Waals surface area contributed by atoms with E-state index in [-0.39, 0.29) is 13.0 Å². The van der Waals surface area contributed by atoms with Crippen LogP contribution in [0.1, 0.15) is 71.2 Å². The van der Waals surface area contributed by atoms with E-state index in [4.69, 9.17) is 4.74 Å². The lowest BCUT2D eigenvalue weighted by atomic mass is 9.98. The molecule has 0 saturated carbocycles. The molecule has 0 aromatic heterocycles. The van der Waals surface area contributed by atoms with Crippen LogP contribution in [0.15, 0.2) is 54.6 Å². The molecule has 2 unspecified atom stereocenters. The van der Waals surface area contributed by atoms with E-state index in [0.29, 0.717) is 5.56 Å². The zero-order chi connectivity index (χ0) is 28.5. The fourth-order valence-electron chi connectivity index (χ4n) is 3.92.